The number of hydrogen-bond donors (Lipinski definition) is 0. The smallest absolute Gasteiger partial charge is 0.343 e. The fourth-order valence-corrected chi connectivity index (χ4v) is 5.73. The molecule has 2 aromatic rings. The Bertz CT molecular complexity index is 1150. The van der Waals surface area contributed by atoms with Crippen molar-refractivity contribution in [3.05, 3.63) is 53.3 Å². The zero-order valence-corrected chi connectivity index (χ0v) is 22.1. The molecule has 0 radical (unpaired) electrons. The van der Waals surface area contributed by atoms with Crippen LogP contribution in [0.5, 0.6) is 28.7 Å². The van der Waals surface area contributed by atoms with E-state index in [1.807, 2.05) is 12.1 Å². The van der Waals surface area contributed by atoms with Crippen LogP contribution in [0.4, 0.5) is 0 Å². The van der Waals surface area contributed by atoms with Crippen molar-refractivity contribution in [1.29, 1.82) is 0 Å². The fourth-order valence-electron chi connectivity index (χ4n) is 5.73. The van der Waals surface area contributed by atoms with Crippen molar-refractivity contribution < 1.29 is 33.2 Å². The Labute approximate surface area is 212 Å². The van der Waals surface area contributed by atoms with Crippen LogP contribution in [0.2, 0.25) is 0 Å². The molecular formula is C28H35NO7. The van der Waals surface area contributed by atoms with Gasteiger partial charge in [-0.2, -0.15) is 0 Å². The van der Waals surface area contributed by atoms with Crippen molar-refractivity contribution in [3.63, 3.8) is 0 Å². The summed E-state index contributed by atoms with van der Waals surface area (Å²) in [6.45, 7) is 3.18. The van der Waals surface area contributed by atoms with Gasteiger partial charge in [0.2, 0.25) is 5.75 Å². The number of fused-ring (bicyclic) bond motifs is 1. The van der Waals surface area contributed by atoms with Crippen LogP contribution < -0.4 is 23.7 Å². The first-order valence-corrected chi connectivity index (χ1v) is 11.9. The molecule has 0 unspecified atom stereocenters. The topological polar surface area (TPSA) is 75.7 Å². The number of esters is 1. The summed E-state index contributed by atoms with van der Waals surface area (Å²) in [7, 11) is 9.98. The molecule has 1 aliphatic heterocycles. The van der Waals surface area contributed by atoms with Crippen LogP contribution in [0.15, 0.2) is 42.2 Å². The minimum atomic E-state index is -0.469. The summed E-state index contributed by atoms with van der Waals surface area (Å²) in [6.07, 6.45) is 4.36. The van der Waals surface area contributed by atoms with Gasteiger partial charge in [-0.1, -0.05) is 6.07 Å². The summed E-state index contributed by atoms with van der Waals surface area (Å²) in [5, 5.41) is 0. The maximum absolute atomic E-state index is 13.2. The molecule has 0 aromatic heterocycles. The first-order valence-electron chi connectivity index (χ1n) is 11.9. The van der Waals surface area contributed by atoms with Crippen molar-refractivity contribution >= 4 is 5.97 Å². The molecule has 194 valence electrons. The molecule has 2 atom stereocenters. The van der Waals surface area contributed by atoms with Crippen LogP contribution >= 0.6 is 0 Å². The van der Waals surface area contributed by atoms with E-state index in [2.05, 4.69) is 31.0 Å². The Balaban J connectivity index is 1.65. The third-order valence-electron chi connectivity index (χ3n) is 8.00. The van der Waals surface area contributed by atoms with Crippen LogP contribution in [0, 0.1) is 0 Å². The molecular weight excluding hydrogens is 462 g/mol. The lowest BCUT2D eigenvalue weighted by atomic mass is 9.60. The quantitative estimate of drug-likeness (QED) is 0.490. The lowest BCUT2D eigenvalue weighted by molar-refractivity contribution is 0.0491. The summed E-state index contributed by atoms with van der Waals surface area (Å²) in [5.41, 5.74) is 1.11. The molecule has 4 rings (SSSR count). The maximum Gasteiger partial charge on any atom is 0.343 e. The third-order valence-corrected chi connectivity index (χ3v) is 8.00. The van der Waals surface area contributed by atoms with Crippen molar-refractivity contribution in [2.45, 2.75) is 37.1 Å². The number of rotatable bonds is 8. The molecule has 2 aromatic carbocycles. The van der Waals surface area contributed by atoms with Gasteiger partial charge in [-0.3, -0.25) is 4.90 Å². The second-order valence-corrected chi connectivity index (χ2v) is 9.45. The Morgan fingerprint density at radius 3 is 2.08 bits per heavy atom. The van der Waals surface area contributed by atoms with Crippen molar-refractivity contribution in [2.24, 2.45) is 0 Å². The summed E-state index contributed by atoms with van der Waals surface area (Å²) in [5.74, 6) is 2.83. The molecule has 0 bridgehead atoms. The monoisotopic (exact) mass is 497 g/mol. The van der Waals surface area contributed by atoms with E-state index < -0.39 is 5.97 Å². The van der Waals surface area contributed by atoms with Gasteiger partial charge >= 0.3 is 5.97 Å². The first kappa shape index (κ1) is 25.7. The number of benzene rings is 2. The number of allylic oxidation sites excluding steroid dienone is 1. The Kier molecular flexibility index (Phi) is 7.09. The van der Waals surface area contributed by atoms with Gasteiger partial charge in [-0.05, 0) is 69.3 Å². The number of ether oxygens (including phenoxy) is 6. The van der Waals surface area contributed by atoms with Crippen molar-refractivity contribution in [1.82, 2.24) is 4.90 Å². The summed E-state index contributed by atoms with van der Waals surface area (Å²) in [6, 6.07) is 9.37. The molecule has 1 saturated heterocycles. The molecule has 8 nitrogen and oxygen atoms in total. The average Bonchev–Trinajstić information content (AvgIpc) is 3.17. The molecule has 0 amide bonds. The summed E-state index contributed by atoms with van der Waals surface area (Å²) >= 11 is 0. The Morgan fingerprint density at radius 2 is 1.50 bits per heavy atom. The van der Waals surface area contributed by atoms with Crippen LogP contribution in [-0.4, -0.2) is 65.5 Å². The van der Waals surface area contributed by atoms with E-state index in [1.54, 1.807) is 26.4 Å². The van der Waals surface area contributed by atoms with E-state index in [4.69, 9.17) is 28.4 Å². The highest BCUT2D eigenvalue weighted by molar-refractivity contribution is 5.92. The van der Waals surface area contributed by atoms with Gasteiger partial charge in [0.05, 0.1) is 41.1 Å². The molecule has 1 heterocycles. The van der Waals surface area contributed by atoms with Crippen LogP contribution in [0.25, 0.3) is 0 Å². The second-order valence-electron chi connectivity index (χ2n) is 9.45. The predicted octanol–water partition coefficient (Wildman–Crippen LogP) is 4.60. The maximum atomic E-state index is 13.2. The van der Waals surface area contributed by atoms with Gasteiger partial charge in [-0.25, -0.2) is 4.79 Å². The van der Waals surface area contributed by atoms with E-state index in [1.165, 1.54) is 26.9 Å². The number of likely N-dealkylation sites (N-methyl/N-ethyl adjacent to an activating group) is 1. The van der Waals surface area contributed by atoms with Crippen molar-refractivity contribution in [2.75, 3.05) is 49.1 Å². The highest BCUT2D eigenvalue weighted by atomic mass is 16.5. The number of hydrogen-bond acceptors (Lipinski definition) is 8. The standard InChI is InChI=1S/C28H35NO7/c1-27-17-20(36-26(30)18-14-23(33-5)25(35-7)24(15-18)34-6)10-11-28(27,12-13-29(27)2)19-8-9-21(31-3)22(16-19)32-4/h8-10,14-16H,11-13,17H2,1-7H3/t27-,28-/m0/s1. The summed E-state index contributed by atoms with van der Waals surface area (Å²) < 4.78 is 33.1. The second kappa shape index (κ2) is 9.93. The van der Waals surface area contributed by atoms with Gasteiger partial charge in [0.1, 0.15) is 5.76 Å². The molecule has 2 aliphatic rings. The molecule has 0 spiro atoms. The zero-order chi connectivity index (χ0) is 26.1. The summed E-state index contributed by atoms with van der Waals surface area (Å²) in [4.78, 5) is 15.5. The lowest BCUT2D eigenvalue weighted by Gasteiger charge is -2.49. The number of nitrogens with zero attached hydrogens (tertiary/aromatic N) is 1. The molecule has 8 heteroatoms. The van der Waals surface area contributed by atoms with Crippen LogP contribution in [0.1, 0.15) is 42.1 Å². The first-order chi connectivity index (χ1) is 17.3. The van der Waals surface area contributed by atoms with E-state index in [0.717, 1.165) is 19.4 Å². The van der Waals surface area contributed by atoms with Crippen LogP contribution in [-0.2, 0) is 10.2 Å². The van der Waals surface area contributed by atoms with Gasteiger partial charge in [0, 0.05) is 17.4 Å². The largest absolute Gasteiger partial charge is 0.493 e. The van der Waals surface area contributed by atoms with Crippen LogP contribution in [0.3, 0.4) is 0 Å². The molecule has 0 N–H and O–H groups in total. The average molecular weight is 498 g/mol. The predicted molar refractivity (Wildman–Crippen MR) is 136 cm³/mol. The Hall–Kier alpha value is -3.39. The minimum Gasteiger partial charge on any atom is -0.493 e. The molecule has 1 fully saturated rings. The van der Waals surface area contributed by atoms with Gasteiger partial charge in [0.15, 0.2) is 23.0 Å². The minimum absolute atomic E-state index is 0.149. The fraction of sp³-hybridized carbons (Fsp3) is 0.464. The van der Waals surface area contributed by atoms with E-state index in [-0.39, 0.29) is 11.0 Å². The third kappa shape index (κ3) is 4.03. The molecule has 36 heavy (non-hydrogen) atoms. The lowest BCUT2D eigenvalue weighted by Crippen LogP contribution is -2.54. The SMILES string of the molecule is COc1ccc([C@@]23CC=C(OC(=O)c4cc(OC)c(OC)c(OC)c4)C[C@]2(C)N(C)CC3)cc1OC. The zero-order valence-electron chi connectivity index (χ0n) is 22.1. The van der Waals surface area contributed by atoms with Gasteiger partial charge in [-0.15, -0.1) is 0 Å². The van der Waals surface area contributed by atoms with Gasteiger partial charge in [0.25, 0.3) is 0 Å². The highest BCUT2D eigenvalue weighted by Crippen LogP contribution is 2.56. The van der Waals surface area contributed by atoms with E-state index in [9.17, 15) is 4.79 Å². The number of methoxy groups -OCH3 is 5. The molecule has 1 aliphatic carbocycles. The normalized spacial score (nSPS) is 23.4. The number of likely N-dealkylation sites (tertiary alicyclic amines) is 1. The van der Waals surface area contributed by atoms with E-state index in [0.29, 0.717) is 46.5 Å². The van der Waals surface area contributed by atoms with Crippen molar-refractivity contribution in [3.8, 4) is 28.7 Å². The number of carbonyl (C=O) groups is 1. The van der Waals surface area contributed by atoms with Gasteiger partial charge < -0.3 is 28.4 Å². The Morgan fingerprint density at radius 1 is 0.861 bits per heavy atom. The van der Waals surface area contributed by atoms with E-state index >= 15 is 0 Å². The highest BCUT2D eigenvalue weighted by Gasteiger charge is 2.57. The number of carbonyl (C=O) groups excluding carboxylic acids is 1. The molecule has 0 saturated carbocycles.